The molecule has 0 spiro atoms. The summed E-state index contributed by atoms with van der Waals surface area (Å²) in [6.07, 6.45) is 5.87. The van der Waals surface area contributed by atoms with Gasteiger partial charge in [-0.15, -0.1) is 11.3 Å². The SMILES string of the molecule is OC(Cc1nccs1)CC1CCSCC1. The van der Waals surface area contributed by atoms with Gasteiger partial charge in [-0.25, -0.2) is 4.98 Å². The summed E-state index contributed by atoms with van der Waals surface area (Å²) >= 11 is 3.68. The molecule has 2 heterocycles. The van der Waals surface area contributed by atoms with Crippen LogP contribution in [0, 0.1) is 5.92 Å². The van der Waals surface area contributed by atoms with Crippen molar-refractivity contribution < 1.29 is 5.11 Å². The average Bonchev–Trinajstić information content (AvgIpc) is 2.71. The quantitative estimate of drug-likeness (QED) is 0.882. The van der Waals surface area contributed by atoms with Crippen LogP contribution in [0.15, 0.2) is 11.6 Å². The van der Waals surface area contributed by atoms with Crippen molar-refractivity contribution in [2.75, 3.05) is 11.5 Å². The van der Waals surface area contributed by atoms with Crippen LogP contribution < -0.4 is 0 Å². The molecule has 1 fully saturated rings. The second kappa shape index (κ2) is 5.87. The molecule has 1 atom stereocenters. The standard InChI is InChI=1S/C11H17NOS2/c13-10(8-11-12-3-6-15-11)7-9-1-4-14-5-2-9/h3,6,9-10,13H,1-2,4-5,7-8H2. The summed E-state index contributed by atoms with van der Waals surface area (Å²) in [4.78, 5) is 4.20. The van der Waals surface area contributed by atoms with Crippen LogP contribution >= 0.6 is 23.1 Å². The average molecular weight is 243 g/mol. The van der Waals surface area contributed by atoms with E-state index in [1.807, 2.05) is 23.3 Å². The number of aliphatic hydroxyl groups excluding tert-OH is 1. The molecule has 2 nitrogen and oxygen atoms in total. The third kappa shape index (κ3) is 3.78. The van der Waals surface area contributed by atoms with Crippen molar-refractivity contribution >= 4 is 23.1 Å². The van der Waals surface area contributed by atoms with E-state index in [2.05, 4.69) is 4.98 Å². The van der Waals surface area contributed by atoms with Gasteiger partial charge in [0.2, 0.25) is 0 Å². The molecule has 1 N–H and O–H groups in total. The van der Waals surface area contributed by atoms with Gasteiger partial charge in [0, 0.05) is 18.0 Å². The zero-order valence-corrected chi connectivity index (χ0v) is 10.4. The number of thioether (sulfide) groups is 1. The van der Waals surface area contributed by atoms with E-state index in [0.717, 1.165) is 23.8 Å². The maximum atomic E-state index is 9.93. The molecule has 1 saturated heterocycles. The molecule has 84 valence electrons. The first-order valence-electron chi connectivity index (χ1n) is 5.49. The van der Waals surface area contributed by atoms with Gasteiger partial charge in [0.05, 0.1) is 11.1 Å². The number of thiazole rings is 1. The lowest BCUT2D eigenvalue weighted by Crippen LogP contribution is -2.19. The number of hydrogen-bond donors (Lipinski definition) is 1. The van der Waals surface area contributed by atoms with Crippen LogP contribution in [-0.2, 0) is 6.42 Å². The molecule has 1 aromatic rings. The highest BCUT2D eigenvalue weighted by Gasteiger charge is 2.18. The number of hydrogen-bond acceptors (Lipinski definition) is 4. The second-order valence-electron chi connectivity index (χ2n) is 4.08. The zero-order chi connectivity index (χ0) is 10.5. The topological polar surface area (TPSA) is 33.1 Å². The first kappa shape index (κ1) is 11.4. The molecule has 15 heavy (non-hydrogen) atoms. The molecule has 1 aromatic heterocycles. The molecule has 0 aliphatic carbocycles. The molecular weight excluding hydrogens is 226 g/mol. The molecule has 0 amide bonds. The van der Waals surface area contributed by atoms with Crippen LogP contribution in [0.4, 0.5) is 0 Å². The maximum Gasteiger partial charge on any atom is 0.0950 e. The van der Waals surface area contributed by atoms with E-state index in [4.69, 9.17) is 0 Å². The van der Waals surface area contributed by atoms with Gasteiger partial charge < -0.3 is 5.11 Å². The Hall–Kier alpha value is -0.0600. The molecule has 1 aliphatic heterocycles. The summed E-state index contributed by atoms with van der Waals surface area (Å²) in [6.45, 7) is 0. The third-order valence-electron chi connectivity index (χ3n) is 2.84. The number of nitrogens with zero attached hydrogens (tertiary/aromatic N) is 1. The summed E-state index contributed by atoms with van der Waals surface area (Å²) in [5, 5.41) is 13.0. The van der Waals surface area contributed by atoms with Crippen molar-refractivity contribution in [3.05, 3.63) is 16.6 Å². The Morgan fingerprint density at radius 3 is 2.93 bits per heavy atom. The number of rotatable bonds is 4. The summed E-state index contributed by atoms with van der Waals surface area (Å²) in [6, 6.07) is 0. The largest absolute Gasteiger partial charge is 0.393 e. The maximum absolute atomic E-state index is 9.93. The second-order valence-corrected chi connectivity index (χ2v) is 6.28. The van der Waals surface area contributed by atoms with E-state index in [1.165, 1.54) is 24.3 Å². The van der Waals surface area contributed by atoms with Crippen LogP contribution in [0.3, 0.4) is 0 Å². The molecule has 4 heteroatoms. The molecule has 2 rings (SSSR count). The van der Waals surface area contributed by atoms with Gasteiger partial charge in [-0.1, -0.05) is 0 Å². The van der Waals surface area contributed by atoms with Gasteiger partial charge in [-0.2, -0.15) is 11.8 Å². The van der Waals surface area contributed by atoms with Gasteiger partial charge in [-0.3, -0.25) is 0 Å². The van der Waals surface area contributed by atoms with Crippen molar-refractivity contribution in [3.8, 4) is 0 Å². The van der Waals surface area contributed by atoms with E-state index in [9.17, 15) is 5.11 Å². The van der Waals surface area contributed by atoms with Gasteiger partial charge in [0.15, 0.2) is 0 Å². The minimum absolute atomic E-state index is 0.191. The monoisotopic (exact) mass is 243 g/mol. The van der Waals surface area contributed by atoms with Gasteiger partial charge in [-0.05, 0) is 36.7 Å². The first-order valence-corrected chi connectivity index (χ1v) is 7.52. The summed E-state index contributed by atoms with van der Waals surface area (Å²) in [7, 11) is 0. The number of aromatic nitrogens is 1. The Bertz CT molecular complexity index is 270. The highest BCUT2D eigenvalue weighted by Crippen LogP contribution is 2.27. The van der Waals surface area contributed by atoms with Crippen LogP contribution in [0.25, 0.3) is 0 Å². The molecule has 0 saturated carbocycles. The summed E-state index contributed by atoms with van der Waals surface area (Å²) < 4.78 is 0. The zero-order valence-electron chi connectivity index (χ0n) is 8.76. The molecular formula is C11H17NOS2. The number of aliphatic hydroxyl groups is 1. The Kier molecular flexibility index (Phi) is 4.47. The molecule has 1 unspecified atom stereocenters. The van der Waals surface area contributed by atoms with Crippen molar-refractivity contribution in [1.29, 1.82) is 0 Å². The van der Waals surface area contributed by atoms with Gasteiger partial charge >= 0.3 is 0 Å². The van der Waals surface area contributed by atoms with Crippen LogP contribution in [-0.4, -0.2) is 27.7 Å². The Morgan fingerprint density at radius 1 is 1.47 bits per heavy atom. The highest BCUT2D eigenvalue weighted by molar-refractivity contribution is 7.99. The fourth-order valence-corrected chi connectivity index (χ4v) is 3.90. The fraction of sp³-hybridized carbons (Fsp3) is 0.727. The van der Waals surface area contributed by atoms with Crippen molar-refractivity contribution in [1.82, 2.24) is 4.98 Å². The van der Waals surface area contributed by atoms with Crippen molar-refractivity contribution in [2.45, 2.75) is 31.8 Å². The van der Waals surface area contributed by atoms with E-state index < -0.39 is 0 Å². The van der Waals surface area contributed by atoms with Crippen LogP contribution in [0.1, 0.15) is 24.3 Å². The van der Waals surface area contributed by atoms with Crippen LogP contribution in [0.2, 0.25) is 0 Å². The minimum Gasteiger partial charge on any atom is -0.393 e. The van der Waals surface area contributed by atoms with Crippen LogP contribution in [0.5, 0.6) is 0 Å². The molecule has 0 aromatic carbocycles. The predicted molar refractivity (Wildman–Crippen MR) is 66.5 cm³/mol. The van der Waals surface area contributed by atoms with Gasteiger partial charge in [0.1, 0.15) is 0 Å². The van der Waals surface area contributed by atoms with Crippen molar-refractivity contribution in [3.63, 3.8) is 0 Å². The molecule has 0 radical (unpaired) electrons. The fourth-order valence-electron chi connectivity index (χ4n) is 2.01. The lowest BCUT2D eigenvalue weighted by atomic mass is 9.94. The summed E-state index contributed by atoms with van der Waals surface area (Å²) in [5.41, 5.74) is 0. The predicted octanol–water partition coefficient (Wildman–Crippen LogP) is 2.58. The molecule has 1 aliphatic rings. The molecule has 0 bridgehead atoms. The third-order valence-corrected chi connectivity index (χ3v) is 4.69. The van der Waals surface area contributed by atoms with Crippen molar-refractivity contribution in [2.24, 2.45) is 5.92 Å². The Balaban J connectivity index is 1.74. The Labute approximate surface area is 99.1 Å². The Morgan fingerprint density at radius 2 is 2.27 bits per heavy atom. The normalized spacial score (nSPS) is 20.3. The highest BCUT2D eigenvalue weighted by atomic mass is 32.2. The first-order chi connectivity index (χ1) is 7.34. The van der Waals surface area contributed by atoms with E-state index in [1.54, 1.807) is 11.3 Å². The lowest BCUT2D eigenvalue weighted by Gasteiger charge is -2.23. The van der Waals surface area contributed by atoms with E-state index in [0.29, 0.717) is 0 Å². The lowest BCUT2D eigenvalue weighted by molar-refractivity contribution is 0.139. The summed E-state index contributed by atoms with van der Waals surface area (Å²) in [5.74, 6) is 3.28. The minimum atomic E-state index is -0.191. The van der Waals surface area contributed by atoms with Gasteiger partial charge in [0.25, 0.3) is 0 Å². The van der Waals surface area contributed by atoms with E-state index in [-0.39, 0.29) is 6.10 Å². The van der Waals surface area contributed by atoms with E-state index >= 15 is 0 Å². The smallest absolute Gasteiger partial charge is 0.0950 e.